The molecule has 4 heterocycles. The predicted octanol–water partition coefficient (Wildman–Crippen LogP) is 13.7. The average Bonchev–Trinajstić information content (AvgIpc) is 3.92. The van der Waals surface area contributed by atoms with Gasteiger partial charge in [-0.05, 0) is 82.9 Å². The van der Waals surface area contributed by atoms with Crippen molar-refractivity contribution >= 4 is 98.0 Å². The van der Waals surface area contributed by atoms with Crippen LogP contribution in [0, 0.1) is 0 Å². The van der Waals surface area contributed by atoms with Crippen LogP contribution in [0.1, 0.15) is 0 Å². The Morgan fingerprint density at radius 3 is 1.91 bits per heavy atom. The Hall–Kier alpha value is -7.76. The van der Waals surface area contributed by atoms with E-state index < -0.39 is 0 Å². The maximum Gasteiger partial charge on any atom is 0.162 e. The molecule has 0 saturated heterocycles. The van der Waals surface area contributed by atoms with Gasteiger partial charge in [0.15, 0.2) is 5.82 Å². The van der Waals surface area contributed by atoms with E-state index in [1.807, 2.05) is 24.3 Å². The number of nitrogens with zero attached hydrogens (tertiary/aromatic N) is 4. The summed E-state index contributed by atoms with van der Waals surface area (Å²) in [6.45, 7) is 0. The molecule has 0 bridgehead atoms. The van der Waals surface area contributed by atoms with Gasteiger partial charge in [-0.1, -0.05) is 115 Å². The third-order valence-electron chi connectivity index (χ3n) is 11.9. The lowest BCUT2D eigenvalue weighted by atomic mass is 10.0. The highest BCUT2D eigenvalue weighted by Gasteiger charge is 2.20. The third-order valence-corrected chi connectivity index (χ3v) is 11.9. The van der Waals surface area contributed by atoms with Crippen molar-refractivity contribution in [2.24, 2.45) is 0 Å². The molecular formula is C52H30N4O. The summed E-state index contributed by atoms with van der Waals surface area (Å²) in [5.41, 5.74) is 9.22. The smallest absolute Gasteiger partial charge is 0.162 e. The molecule has 0 aliphatic carbocycles. The van der Waals surface area contributed by atoms with E-state index in [1.54, 1.807) is 0 Å². The van der Waals surface area contributed by atoms with Gasteiger partial charge in [0.1, 0.15) is 17.0 Å². The first kappa shape index (κ1) is 30.6. The maximum absolute atomic E-state index is 6.30. The summed E-state index contributed by atoms with van der Waals surface area (Å²) in [5.74, 6) is 1.49. The lowest BCUT2D eigenvalue weighted by molar-refractivity contribution is 0.669. The minimum atomic E-state index is 0.652. The van der Waals surface area contributed by atoms with Crippen LogP contribution >= 0.6 is 0 Å². The summed E-state index contributed by atoms with van der Waals surface area (Å²) in [5, 5.41) is 12.9. The Kier molecular flexibility index (Phi) is 6.10. The first-order valence-electron chi connectivity index (χ1n) is 19.3. The quantitative estimate of drug-likeness (QED) is 0.182. The monoisotopic (exact) mass is 726 g/mol. The number of fused-ring (bicyclic) bond motifs is 13. The van der Waals surface area contributed by atoms with Crippen molar-refractivity contribution in [1.82, 2.24) is 19.1 Å². The van der Waals surface area contributed by atoms with Crippen molar-refractivity contribution in [1.29, 1.82) is 0 Å². The molecule has 0 N–H and O–H groups in total. The molecule has 0 amide bonds. The van der Waals surface area contributed by atoms with Gasteiger partial charge in [0.2, 0.25) is 0 Å². The van der Waals surface area contributed by atoms with E-state index in [9.17, 15) is 0 Å². The molecule has 0 radical (unpaired) electrons. The summed E-state index contributed by atoms with van der Waals surface area (Å²) in [6, 6.07) is 65.0. The van der Waals surface area contributed by atoms with Crippen LogP contribution in [-0.4, -0.2) is 19.1 Å². The largest absolute Gasteiger partial charge is 0.456 e. The maximum atomic E-state index is 6.30. The van der Waals surface area contributed by atoms with Crippen LogP contribution in [0.15, 0.2) is 186 Å². The van der Waals surface area contributed by atoms with Gasteiger partial charge in [0.05, 0.1) is 27.6 Å². The fourth-order valence-corrected chi connectivity index (χ4v) is 9.29. The van der Waals surface area contributed by atoms with E-state index in [0.29, 0.717) is 5.82 Å². The van der Waals surface area contributed by atoms with Crippen LogP contribution in [0.2, 0.25) is 0 Å². The minimum Gasteiger partial charge on any atom is -0.456 e. The summed E-state index contributed by atoms with van der Waals surface area (Å²) in [4.78, 5) is 10.5. The molecule has 0 unspecified atom stereocenters. The van der Waals surface area contributed by atoms with E-state index in [2.05, 4.69) is 167 Å². The highest BCUT2D eigenvalue weighted by atomic mass is 16.3. The van der Waals surface area contributed by atoms with Crippen molar-refractivity contribution in [2.75, 3.05) is 0 Å². The van der Waals surface area contributed by atoms with Gasteiger partial charge in [0, 0.05) is 54.3 Å². The van der Waals surface area contributed by atoms with Gasteiger partial charge >= 0.3 is 0 Å². The van der Waals surface area contributed by atoms with Crippen molar-refractivity contribution in [3.63, 3.8) is 0 Å². The van der Waals surface area contributed by atoms with Gasteiger partial charge in [0.25, 0.3) is 0 Å². The molecule has 0 aliphatic rings. The Labute approximate surface area is 325 Å². The predicted molar refractivity (Wildman–Crippen MR) is 236 cm³/mol. The number of hydrogen-bond acceptors (Lipinski definition) is 3. The molecule has 264 valence electrons. The van der Waals surface area contributed by atoms with Crippen molar-refractivity contribution in [2.45, 2.75) is 0 Å². The summed E-state index contributed by atoms with van der Waals surface area (Å²) in [6.07, 6.45) is 0. The molecule has 4 aromatic heterocycles. The van der Waals surface area contributed by atoms with Gasteiger partial charge < -0.3 is 8.98 Å². The zero-order valence-corrected chi connectivity index (χ0v) is 30.5. The van der Waals surface area contributed by atoms with E-state index in [4.69, 9.17) is 14.4 Å². The molecule has 57 heavy (non-hydrogen) atoms. The fraction of sp³-hybridized carbons (Fsp3) is 0. The van der Waals surface area contributed by atoms with E-state index in [0.717, 1.165) is 66.3 Å². The van der Waals surface area contributed by atoms with Crippen LogP contribution in [0.3, 0.4) is 0 Å². The Balaban J connectivity index is 1.07. The molecule has 9 aromatic carbocycles. The summed E-state index contributed by atoms with van der Waals surface area (Å²) >= 11 is 0. The molecule has 0 saturated carbocycles. The summed E-state index contributed by atoms with van der Waals surface area (Å²) < 4.78 is 11.1. The van der Waals surface area contributed by atoms with Gasteiger partial charge in [-0.3, -0.25) is 4.57 Å². The van der Waals surface area contributed by atoms with Crippen LogP contribution in [0.5, 0.6) is 0 Å². The van der Waals surface area contributed by atoms with Crippen molar-refractivity contribution < 1.29 is 4.42 Å². The Morgan fingerprint density at radius 2 is 1.04 bits per heavy atom. The van der Waals surface area contributed by atoms with E-state index >= 15 is 0 Å². The van der Waals surface area contributed by atoms with Crippen LogP contribution < -0.4 is 0 Å². The molecule has 5 nitrogen and oxygen atoms in total. The number of furan rings is 1. The lowest BCUT2D eigenvalue weighted by Gasteiger charge is -2.13. The number of para-hydroxylation sites is 4. The van der Waals surface area contributed by atoms with Gasteiger partial charge in [-0.15, -0.1) is 0 Å². The van der Waals surface area contributed by atoms with E-state index in [-0.39, 0.29) is 0 Å². The average molecular weight is 727 g/mol. The number of rotatable bonds is 3. The van der Waals surface area contributed by atoms with Gasteiger partial charge in [-0.25, -0.2) is 9.97 Å². The highest BCUT2D eigenvalue weighted by Crippen LogP contribution is 2.40. The first-order valence-corrected chi connectivity index (χ1v) is 19.3. The van der Waals surface area contributed by atoms with Crippen LogP contribution in [0.25, 0.3) is 121 Å². The zero-order valence-electron chi connectivity index (χ0n) is 30.5. The molecule has 13 aromatic rings. The molecule has 0 atom stereocenters. The molecule has 0 aliphatic heterocycles. The molecule has 13 rings (SSSR count). The molecule has 0 fully saturated rings. The van der Waals surface area contributed by atoms with Crippen LogP contribution in [-0.2, 0) is 0 Å². The molecule has 0 spiro atoms. The second-order valence-electron chi connectivity index (χ2n) is 15.0. The SMILES string of the molecule is c1ccc2c(c1)ccc1c3ccccc3n(-c3ccc4cc5c6ccccc6n(-c6nc(-c7ccc8c(c7)oc7ccccc78)nc7ccccc67)c5cc4c3)c21. The second kappa shape index (κ2) is 11.4. The number of benzene rings is 9. The molecule has 5 heteroatoms. The lowest BCUT2D eigenvalue weighted by Crippen LogP contribution is -2.02. The van der Waals surface area contributed by atoms with Crippen molar-refractivity contribution in [3.05, 3.63) is 182 Å². The number of aromatic nitrogens is 4. The van der Waals surface area contributed by atoms with Crippen LogP contribution in [0.4, 0.5) is 0 Å². The van der Waals surface area contributed by atoms with Gasteiger partial charge in [-0.2, -0.15) is 0 Å². The van der Waals surface area contributed by atoms with E-state index in [1.165, 1.54) is 48.7 Å². The Morgan fingerprint density at radius 1 is 0.368 bits per heavy atom. The van der Waals surface area contributed by atoms with Crippen molar-refractivity contribution in [3.8, 4) is 22.9 Å². The molecular weight excluding hydrogens is 697 g/mol. The second-order valence-corrected chi connectivity index (χ2v) is 15.0. The fourth-order valence-electron chi connectivity index (χ4n) is 9.29. The Bertz CT molecular complexity index is 3830. The standard InChI is InChI=1S/C52H30N4O/c1-2-12-36-31(11-1)22-26-41-37-13-4-8-18-45(37)55(50(36)41)35-24-21-32-28-43-38-14-5-9-19-46(38)56(47(43)29-34(32)27-35)52-42-16-3-7-17-44(42)53-51(54-52)33-23-25-40-39-15-6-10-20-48(39)57-49(40)30-33/h1-30H. The highest BCUT2D eigenvalue weighted by molar-refractivity contribution is 6.19. The topological polar surface area (TPSA) is 48.8 Å². The third kappa shape index (κ3) is 4.34. The first-order chi connectivity index (χ1) is 28.2. The normalized spacial score (nSPS) is 12.2. The zero-order chi connectivity index (χ0) is 37.2. The minimum absolute atomic E-state index is 0.652. The number of hydrogen-bond donors (Lipinski definition) is 0. The summed E-state index contributed by atoms with van der Waals surface area (Å²) in [7, 11) is 0.